The number of ether oxygens (including phenoxy) is 1. The molecule has 0 saturated carbocycles. The van der Waals surface area contributed by atoms with Gasteiger partial charge in [0.05, 0.1) is 35.9 Å². The number of aromatic nitrogens is 3. The van der Waals surface area contributed by atoms with Gasteiger partial charge in [0.25, 0.3) is 0 Å². The van der Waals surface area contributed by atoms with E-state index in [2.05, 4.69) is 33.8 Å². The highest BCUT2D eigenvalue weighted by atomic mass is 16.5. The Hall–Kier alpha value is -2.67. The quantitative estimate of drug-likeness (QED) is 0.600. The number of anilines is 1. The molecule has 0 bridgehead atoms. The first-order valence-corrected chi connectivity index (χ1v) is 8.78. The van der Waals surface area contributed by atoms with Crippen molar-refractivity contribution in [2.75, 3.05) is 11.9 Å². The lowest BCUT2D eigenvalue weighted by Crippen LogP contribution is -2.25. The van der Waals surface area contributed by atoms with Crippen molar-refractivity contribution in [2.24, 2.45) is 5.73 Å². The summed E-state index contributed by atoms with van der Waals surface area (Å²) in [4.78, 5) is 13.0. The molecule has 2 rings (SSSR count). The lowest BCUT2D eigenvalue weighted by molar-refractivity contribution is 0.265. The van der Waals surface area contributed by atoms with Crippen molar-refractivity contribution in [1.29, 1.82) is 0 Å². The molecule has 26 heavy (non-hydrogen) atoms. The summed E-state index contributed by atoms with van der Waals surface area (Å²) in [6.07, 6.45) is 4.58. The van der Waals surface area contributed by atoms with E-state index in [1.165, 1.54) is 0 Å². The number of aryl methyl sites for hydroxylation is 1. The van der Waals surface area contributed by atoms with Crippen LogP contribution in [0.3, 0.4) is 0 Å². The van der Waals surface area contributed by atoms with Crippen molar-refractivity contribution in [3.63, 3.8) is 0 Å². The summed E-state index contributed by atoms with van der Waals surface area (Å²) in [5.41, 5.74) is 7.46. The molecule has 0 spiro atoms. The summed E-state index contributed by atoms with van der Waals surface area (Å²) < 4.78 is 5.86. The van der Waals surface area contributed by atoms with Gasteiger partial charge >= 0.3 is 0 Å². The third-order valence-electron chi connectivity index (χ3n) is 3.85. The van der Waals surface area contributed by atoms with Gasteiger partial charge in [0.1, 0.15) is 12.4 Å². The second kappa shape index (κ2) is 9.72. The lowest BCUT2D eigenvalue weighted by atomic mass is 10.1. The first-order chi connectivity index (χ1) is 12.5. The van der Waals surface area contributed by atoms with Gasteiger partial charge in [-0.3, -0.25) is 0 Å². The number of nitrogens with two attached hydrogens (primary N) is 1. The Morgan fingerprint density at radius 1 is 1.38 bits per heavy atom. The van der Waals surface area contributed by atoms with E-state index >= 15 is 0 Å². The average Bonchev–Trinajstić information content (AvgIpc) is 2.64. The number of pyridine rings is 1. The molecule has 0 aliphatic carbocycles. The van der Waals surface area contributed by atoms with Crippen LogP contribution in [0.15, 0.2) is 31.0 Å². The Kier molecular flexibility index (Phi) is 7.35. The topological polar surface area (TPSA) is 106 Å². The number of nitrogens with one attached hydrogen (secondary N) is 1. The Morgan fingerprint density at radius 3 is 2.88 bits per heavy atom. The van der Waals surface area contributed by atoms with Crippen LogP contribution in [0.1, 0.15) is 43.4 Å². The standard InChI is InChI=1S/C19H27N5O2/c1-4-5-7-15(11-25)24-19-18(10-21-14(3)22-19)26-12-16-8-6-9-17(23-16)13(2)20/h6,8-10,15,25H,2,4-5,7,11-12,20H2,1,3H3,(H,21,22,24). The van der Waals surface area contributed by atoms with Crippen LogP contribution < -0.4 is 15.8 Å². The van der Waals surface area contributed by atoms with E-state index in [1.54, 1.807) is 12.3 Å². The minimum absolute atomic E-state index is 0.0324. The van der Waals surface area contributed by atoms with Crippen LogP contribution in [0.4, 0.5) is 5.82 Å². The third kappa shape index (κ3) is 5.70. The maximum atomic E-state index is 9.59. The van der Waals surface area contributed by atoms with Gasteiger partial charge in [-0.15, -0.1) is 0 Å². The van der Waals surface area contributed by atoms with Crippen molar-refractivity contribution in [3.05, 3.63) is 48.2 Å². The summed E-state index contributed by atoms with van der Waals surface area (Å²) >= 11 is 0. The molecule has 7 heteroatoms. The van der Waals surface area contributed by atoms with Gasteiger partial charge in [0, 0.05) is 0 Å². The van der Waals surface area contributed by atoms with Crippen LogP contribution in [0, 0.1) is 6.92 Å². The molecular weight excluding hydrogens is 330 g/mol. The number of aliphatic hydroxyl groups is 1. The van der Waals surface area contributed by atoms with Gasteiger partial charge in [0.2, 0.25) is 0 Å². The molecule has 0 amide bonds. The van der Waals surface area contributed by atoms with Crippen LogP contribution in [0.25, 0.3) is 5.70 Å². The average molecular weight is 357 g/mol. The Bertz CT molecular complexity index is 736. The van der Waals surface area contributed by atoms with Crippen molar-refractivity contribution < 1.29 is 9.84 Å². The summed E-state index contributed by atoms with van der Waals surface area (Å²) in [6.45, 7) is 7.91. The first kappa shape index (κ1) is 19.7. The molecular formula is C19H27N5O2. The molecule has 7 nitrogen and oxygen atoms in total. The summed E-state index contributed by atoms with van der Waals surface area (Å²) in [5.74, 6) is 1.72. The van der Waals surface area contributed by atoms with Crippen molar-refractivity contribution >= 4 is 11.5 Å². The van der Waals surface area contributed by atoms with Crippen molar-refractivity contribution in [2.45, 2.75) is 45.8 Å². The van der Waals surface area contributed by atoms with Crippen LogP contribution >= 0.6 is 0 Å². The second-order valence-electron chi connectivity index (χ2n) is 6.12. The number of hydrogen-bond donors (Lipinski definition) is 3. The lowest BCUT2D eigenvalue weighted by Gasteiger charge is -2.19. The smallest absolute Gasteiger partial charge is 0.180 e. The highest BCUT2D eigenvalue weighted by molar-refractivity contribution is 5.56. The molecule has 0 fully saturated rings. The van der Waals surface area contributed by atoms with E-state index in [9.17, 15) is 5.11 Å². The van der Waals surface area contributed by atoms with Crippen LogP contribution in [-0.2, 0) is 6.61 Å². The Morgan fingerprint density at radius 2 is 2.19 bits per heavy atom. The number of unbranched alkanes of at least 4 members (excludes halogenated alkanes) is 1. The first-order valence-electron chi connectivity index (χ1n) is 8.78. The van der Waals surface area contributed by atoms with Crippen molar-refractivity contribution in [3.8, 4) is 5.75 Å². The van der Waals surface area contributed by atoms with Crippen LogP contribution in [-0.4, -0.2) is 32.7 Å². The van der Waals surface area contributed by atoms with Gasteiger partial charge < -0.3 is 20.9 Å². The van der Waals surface area contributed by atoms with Gasteiger partial charge in [-0.05, 0) is 25.5 Å². The van der Waals surface area contributed by atoms with E-state index < -0.39 is 0 Å². The maximum Gasteiger partial charge on any atom is 0.180 e. The number of rotatable bonds is 10. The zero-order valence-corrected chi connectivity index (χ0v) is 15.4. The van der Waals surface area contributed by atoms with Gasteiger partial charge in [-0.2, -0.15) is 0 Å². The van der Waals surface area contributed by atoms with Gasteiger partial charge in [0.15, 0.2) is 11.6 Å². The van der Waals surface area contributed by atoms with E-state index in [-0.39, 0.29) is 19.3 Å². The molecule has 2 aromatic rings. The third-order valence-corrected chi connectivity index (χ3v) is 3.85. The molecule has 2 aromatic heterocycles. The molecule has 0 aliphatic rings. The molecule has 0 radical (unpaired) electrons. The largest absolute Gasteiger partial charge is 0.482 e. The molecule has 1 atom stereocenters. The predicted octanol–water partition coefficient (Wildman–Crippen LogP) is 2.65. The van der Waals surface area contributed by atoms with Crippen LogP contribution in [0.2, 0.25) is 0 Å². The Balaban J connectivity index is 2.11. The monoisotopic (exact) mass is 357 g/mol. The molecule has 4 N–H and O–H groups in total. The molecule has 0 aromatic carbocycles. The van der Waals surface area contributed by atoms with E-state index in [4.69, 9.17) is 10.5 Å². The minimum Gasteiger partial charge on any atom is -0.482 e. The van der Waals surface area contributed by atoms with E-state index in [1.807, 2.05) is 19.1 Å². The molecule has 2 heterocycles. The van der Waals surface area contributed by atoms with Gasteiger partial charge in [-0.25, -0.2) is 15.0 Å². The predicted molar refractivity (Wildman–Crippen MR) is 103 cm³/mol. The minimum atomic E-state index is -0.0754. The highest BCUT2D eigenvalue weighted by Gasteiger charge is 2.13. The SMILES string of the molecule is C=C(N)c1cccc(COc2cnc(C)nc2NC(CO)CCCC)n1. The molecule has 140 valence electrons. The highest BCUT2D eigenvalue weighted by Crippen LogP contribution is 2.23. The fourth-order valence-electron chi connectivity index (χ4n) is 2.41. The number of aliphatic hydroxyl groups excluding tert-OH is 1. The zero-order chi connectivity index (χ0) is 18.9. The van der Waals surface area contributed by atoms with Crippen LogP contribution in [0.5, 0.6) is 5.75 Å². The Labute approximate surface area is 154 Å². The number of hydrogen-bond acceptors (Lipinski definition) is 7. The maximum absolute atomic E-state index is 9.59. The molecule has 1 unspecified atom stereocenters. The fourth-order valence-corrected chi connectivity index (χ4v) is 2.41. The van der Waals surface area contributed by atoms with Crippen molar-refractivity contribution in [1.82, 2.24) is 15.0 Å². The van der Waals surface area contributed by atoms with Gasteiger partial charge in [-0.1, -0.05) is 32.4 Å². The van der Waals surface area contributed by atoms with E-state index in [0.717, 1.165) is 25.0 Å². The molecule has 0 aliphatic heterocycles. The summed E-state index contributed by atoms with van der Waals surface area (Å²) in [7, 11) is 0. The second-order valence-corrected chi connectivity index (χ2v) is 6.12. The number of nitrogens with zero attached hydrogens (tertiary/aromatic N) is 3. The zero-order valence-electron chi connectivity index (χ0n) is 15.4. The summed E-state index contributed by atoms with van der Waals surface area (Å²) in [6, 6.07) is 5.43. The fraction of sp³-hybridized carbons (Fsp3) is 0.421. The van der Waals surface area contributed by atoms with E-state index in [0.29, 0.717) is 28.8 Å². The normalized spacial score (nSPS) is 11.8. The summed E-state index contributed by atoms with van der Waals surface area (Å²) in [5, 5.41) is 12.8. The molecule has 0 saturated heterocycles.